The Hall–Kier alpha value is -1.89. The molecule has 1 fully saturated rings. The van der Waals surface area contributed by atoms with Crippen molar-refractivity contribution in [1.29, 1.82) is 0 Å². The number of rotatable bonds is 8. The Labute approximate surface area is 159 Å². The molecule has 0 unspecified atom stereocenters. The second-order valence-electron chi connectivity index (χ2n) is 7.72. The summed E-state index contributed by atoms with van der Waals surface area (Å²) in [5, 5.41) is 9.72. The Balaban J connectivity index is 2.20. The number of aliphatic hydroxyl groups is 1. The smallest absolute Gasteiger partial charge is 0.332 e. The Morgan fingerprint density at radius 1 is 1.00 bits per heavy atom. The number of aromatic nitrogens is 4. The lowest BCUT2D eigenvalue weighted by molar-refractivity contribution is 0.265. The summed E-state index contributed by atoms with van der Waals surface area (Å²) in [5.74, 6) is 0.852. The van der Waals surface area contributed by atoms with Gasteiger partial charge in [0.25, 0.3) is 5.56 Å². The first-order valence-corrected chi connectivity index (χ1v) is 10.5. The summed E-state index contributed by atoms with van der Waals surface area (Å²) in [7, 11) is 0. The van der Waals surface area contributed by atoms with E-state index in [-0.39, 0.29) is 17.9 Å². The second kappa shape index (κ2) is 8.87. The predicted molar refractivity (Wildman–Crippen MR) is 106 cm³/mol. The highest BCUT2D eigenvalue weighted by atomic mass is 16.3. The van der Waals surface area contributed by atoms with E-state index in [9.17, 15) is 14.7 Å². The molecular weight excluding hydrogens is 344 g/mol. The molecule has 0 saturated heterocycles. The van der Waals surface area contributed by atoms with Gasteiger partial charge in [0.05, 0.1) is 0 Å². The molecule has 1 saturated carbocycles. The lowest BCUT2D eigenvalue weighted by Crippen LogP contribution is -2.42. The third kappa shape index (κ3) is 3.88. The Kier molecular flexibility index (Phi) is 6.52. The average Bonchev–Trinajstić information content (AvgIpc) is 3.05. The number of fused-ring (bicyclic) bond motifs is 1. The van der Waals surface area contributed by atoms with Crippen LogP contribution in [0.15, 0.2) is 9.59 Å². The molecule has 2 aromatic rings. The molecule has 3 rings (SSSR count). The molecule has 0 atom stereocenters. The van der Waals surface area contributed by atoms with E-state index >= 15 is 0 Å². The SMILES string of the molecule is CCCCn1c(=O)n(CC2CCCCC2)c(=O)c2c1nc(CO)n2CCC. The van der Waals surface area contributed by atoms with Crippen molar-refractivity contribution in [1.82, 2.24) is 18.7 Å². The van der Waals surface area contributed by atoms with Gasteiger partial charge in [-0.1, -0.05) is 39.5 Å². The molecule has 1 N–H and O–H groups in total. The third-order valence-corrected chi connectivity index (χ3v) is 5.68. The maximum absolute atomic E-state index is 13.3. The molecule has 0 bridgehead atoms. The molecule has 0 spiro atoms. The number of aryl methyl sites for hydroxylation is 2. The highest BCUT2D eigenvalue weighted by Gasteiger charge is 2.23. The zero-order valence-corrected chi connectivity index (χ0v) is 16.6. The summed E-state index contributed by atoms with van der Waals surface area (Å²) in [4.78, 5) is 30.9. The molecule has 2 heterocycles. The average molecular weight is 377 g/mol. The number of imidazole rings is 1. The Morgan fingerprint density at radius 2 is 1.74 bits per heavy atom. The van der Waals surface area contributed by atoms with Crippen molar-refractivity contribution in [2.24, 2.45) is 5.92 Å². The minimum atomic E-state index is -0.256. The molecule has 27 heavy (non-hydrogen) atoms. The van der Waals surface area contributed by atoms with Crippen LogP contribution in [0.1, 0.15) is 71.0 Å². The molecule has 1 aliphatic carbocycles. The normalized spacial score (nSPS) is 15.7. The van der Waals surface area contributed by atoms with Crippen LogP contribution in [-0.4, -0.2) is 23.8 Å². The van der Waals surface area contributed by atoms with Gasteiger partial charge in [-0.3, -0.25) is 13.9 Å². The van der Waals surface area contributed by atoms with E-state index in [4.69, 9.17) is 0 Å². The lowest BCUT2D eigenvalue weighted by Gasteiger charge is -2.22. The van der Waals surface area contributed by atoms with Gasteiger partial charge in [0.2, 0.25) is 0 Å². The van der Waals surface area contributed by atoms with Crippen LogP contribution < -0.4 is 11.2 Å². The summed E-state index contributed by atoms with van der Waals surface area (Å²) < 4.78 is 4.88. The van der Waals surface area contributed by atoms with Crippen molar-refractivity contribution >= 4 is 11.2 Å². The largest absolute Gasteiger partial charge is 0.388 e. The fraction of sp³-hybridized carbons (Fsp3) is 0.750. The van der Waals surface area contributed by atoms with Crippen LogP contribution >= 0.6 is 0 Å². The molecule has 150 valence electrons. The van der Waals surface area contributed by atoms with Crippen LogP contribution in [0.5, 0.6) is 0 Å². The predicted octanol–water partition coefficient (Wildman–Crippen LogP) is 2.64. The van der Waals surface area contributed by atoms with Gasteiger partial charge < -0.3 is 9.67 Å². The zero-order valence-electron chi connectivity index (χ0n) is 16.6. The first kappa shape index (κ1) is 19.9. The molecule has 7 nitrogen and oxygen atoms in total. The van der Waals surface area contributed by atoms with Gasteiger partial charge in [0, 0.05) is 19.6 Å². The topological polar surface area (TPSA) is 82.1 Å². The van der Waals surface area contributed by atoms with Gasteiger partial charge in [0.15, 0.2) is 11.2 Å². The number of hydrogen-bond donors (Lipinski definition) is 1. The standard InChI is InChI=1S/C20H32N4O3/c1-3-5-12-23-18-17(22(11-4-2)16(14-25)21-18)19(26)24(20(23)27)13-15-9-7-6-8-10-15/h15,25H,3-14H2,1-2H3. The molecule has 2 aromatic heterocycles. The van der Waals surface area contributed by atoms with Crippen LogP contribution in [0.2, 0.25) is 0 Å². The van der Waals surface area contributed by atoms with E-state index in [1.165, 1.54) is 23.8 Å². The van der Waals surface area contributed by atoms with E-state index < -0.39 is 0 Å². The highest BCUT2D eigenvalue weighted by molar-refractivity contribution is 5.71. The van der Waals surface area contributed by atoms with E-state index in [0.29, 0.717) is 42.5 Å². The summed E-state index contributed by atoms with van der Waals surface area (Å²) in [5.41, 5.74) is 0.384. The quantitative estimate of drug-likeness (QED) is 0.768. The molecule has 7 heteroatoms. The number of nitrogens with zero attached hydrogens (tertiary/aromatic N) is 4. The van der Waals surface area contributed by atoms with E-state index in [1.54, 1.807) is 9.13 Å². The molecule has 1 aliphatic rings. The first-order chi connectivity index (χ1) is 13.1. The van der Waals surface area contributed by atoms with Crippen LogP contribution in [0.4, 0.5) is 0 Å². The first-order valence-electron chi connectivity index (χ1n) is 10.5. The molecule has 0 radical (unpaired) electrons. The maximum atomic E-state index is 13.3. The molecule has 0 amide bonds. The number of hydrogen-bond acceptors (Lipinski definition) is 4. The van der Waals surface area contributed by atoms with Crippen molar-refractivity contribution in [3.05, 3.63) is 26.7 Å². The lowest BCUT2D eigenvalue weighted by atomic mass is 9.89. The van der Waals surface area contributed by atoms with Gasteiger partial charge in [-0.2, -0.15) is 0 Å². The van der Waals surface area contributed by atoms with Gasteiger partial charge >= 0.3 is 5.69 Å². The van der Waals surface area contributed by atoms with Crippen LogP contribution in [0, 0.1) is 5.92 Å². The fourth-order valence-electron chi connectivity index (χ4n) is 4.23. The summed E-state index contributed by atoms with van der Waals surface area (Å²) >= 11 is 0. The third-order valence-electron chi connectivity index (χ3n) is 5.68. The molecule has 0 aliphatic heterocycles. The Morgan fingerprint density at radius 3 is 2.37 bits per heavy atom. The van der Waals surface area contributed by atoms with Crippen molar-refractivity contribution in [2.75, 3.05) is 0 Å². The Bertz CT molecular complexity index is 887. The minimum Gasteiger partial charge on any atom is -0.388 e. The summed E-state index contributed by atoms with van der Waals surface area (Å²) in [6.07, 6.45) is 8.39. The van der Waals surface area contributed by atoms with Crippen LogP contribution in [0.3, 0.4) is 0 Å². The van der Waals surface area contributed by atoms with Crippen molar-refractivity contribution in [3.8, 4) is 0 Å². The van der Waals surface area contributed by atoms with Gasteiger partial charge in [-0.05, 0) is 31.6 Å². The van der Waals surface area contributed by atoms with E-state index in [2.05, 4.69) is 11.9 Å². The van der Waals surface area contributed by atoms with Crippen molar-refractivity contribution in [3.63, 3.8) is 0 Å². The zero-order chi connectivity index (χ0) is 19.4. The van der Waals surface area contributed by atoms with Crippen LogP contribution in [-0.2, 0) is 26.2 Å². The molecular formula is C20H32N4O3. The van der Waals surface area contributed by atoms with Gasteiger partial charge in [-0.15, -0.1) is 0 Å². The maximum Gasteiger partial charge on any atom is 0.332 e. The number of aliphatic hydroxyl groups excluding tert-OH is 1. The summed E-state index contributed by atoms with van der Waals surface area (Å²) in [6, 6.07) is 0. The second-order valence-corrected chi connectivity index (χ2v) is 7.72. The van der Waals surface area contributed by atoms with Crippen LogP contribution in [0.25, 0.3) is 11.2 Å². The monoisotopic (exact) mass is 376 g/mol. The van der Waals surface area contributed by atoms with Gasteiger partial charge in [0.1, 0.15) is 12.4 Å². The van der Waals surface area contributed by atoms with Crippen molar-refractivity contribution in [2.45, 2.75) is 91.5 Å². The van der Waals surface area contributed by atoms with Crippen molar-refractivity contribution < 1.29 is 5.11 Å². The molecule has 0 aromatic carbocycles. The number of unbranched alkanes of at least 4 members (excludes halogenated alkanes) is 1. The van der Waals surface area contributed by atoms with Gasteiger partial charge in [-0.25, -0.2) is 9.78 Å². The minimum absolute atomic E-state index is 0.237. The van der Waals surface area contributed by atoms with E-state index in [1.807, 2.05) is 6.92 Å². The van der Waals surface area contributed by atoms with E-state index in [0.717, 1.165) is 32.1 Å². The highest BCUT2D eigenvalue weighted by Crippen LogP contribution is 2.24. The summed E-state index contributed by atoms with van der Waals surface area (Å²) in [6.45, 7) is 5.52. The fourth-order valence-corrected chi connectivity index (χ4v) is 4.23.